The van der Waals surface area contributed by atoms with Crippen molar-refractivity contribution in [3.8, 4) is 34.5 Å². The van der Waals surface area contributed by atoms with Gasteiger partial charge in [-0.05, 0) is 48.6 Å². The van der Waals surface area contributed by atoms with Crippen LogP contribution in [0.5, 0.6) is 34.5 Å². The van der Waals surface area contributed by atoms with Crippen molar-refractivity contribution in [1.82, 2.24) is 0 Å². The molecule has 2 aromatic carbocycles. The molecule has 0 fully saturated rings. The van der Waals surface area contributed by atoms with E-state index in [1.165, 1.54) is 26.4 Å². The molecule has 0 aliphatic heterocycles. The summed E-state index contributed by atoms with van der Waals surface area (Å²) in [7, 11) is 9.22. The molecule has 0 N–H and O–H groups in total. The smallest absolute Gasteiger partial charge is 0.178 e. The van der Waals surface area contributed by atoms with Gasteiger partial charge in [-0.3, -0.25) is 4.79 Å². The third kappa shape index (κ3) is 4.86. The highest BCUT2D eigenvalue weighted by molar-refractivity contribution is 6.05. The standard InChI is InChI=1S/C23H26O7/c1-25-18-11-13-20(27-3)22(29-5)16(18)9-7-15(24)8-10-17-19(26-2)12-14-21(28-4)23(17)30-6/h7-14H,1-6H3/b9-7+,10-8+. The van der Waals surface area contributed by atoms with Gasteiger partial charge in [-0.2, -0.15) is 0 Å². The predicted octanol–water partition coefficient (Wildman–Crippen LogP) is 4.03. The summed E-state index contributed by atoms with van der Waals surface area (Å²) in [5.74, 6) is 2.86. The highest BCUT2D eigenvalue weighted by atomic mass is 16.5. The number of carbonyl (C=O) groups excluding carboxylic acids is 1. The van der Waals surface area contributed by atoms with Crippen LogP contribution < -0.4 is 28.4 Å². The molecule has 7 heteroatoms. The van der Waals surface area contributed by atoms with Gasteiger partial charge in [0.15, 0.2) is 28.8 Å². The second-order valence-corrected chi connectivity index (χ2v) is 5.90. The quantitative estimate of drug-likeness (QED) is 0.544. The van der Waals surface area contributed by atoms with E-state index in [0.717, 1.165) is 0 Å². The van der Waals surface area contributed by atoms with Crippen molar-refractivity contribution in [3.63, 3.8) is 0 Å². The number of benzene rings is 2. The fraction of sp³-hybridized carbons (Fsp3) is 0.261. The summed E-state index contributed by atoms with van der Waals surface area (Å²) in [6.45, 7) is 0. The molecule has 0 unspecified atom stereocenters. The largest absolute Gasteiger partial charge is 0.496 e. The molecular formula is C23H26O7. The Morgan fingerprint density at radius 2 is 0.900 bits per heavy atom. The van der Waals surface area contributed by atoms with E-state index in [0.29, 0.717) is 45.6 Å². The number of allylic oxidation sites excluding steroid dienone is 2. The molecule has 0 saturated carbocycles. The minimum absolute atomic E-state index is 0.256. The van der Waals surface area contributed by atoms with Crippen LogP contribution in [0.25, 0.3) is 12.2 Å². The van der Waals surface area contributed by atoms with Crippen molar-refractivity contribution >= 4 is 17.9 Å². The number of rotatable bonds is 10. The summed E-state index contributed by atoms with van der Waals surface area (Å²) < 4.78 is 32.2. The Morgan fingerprint density at radius 1 is 0.567 bits per heavy atom. The molecule has 0 bridgehead atoms. The lowest BCUT2D eigenvalue weighted by molar-refractivity contribution is -0.110. The Balaban J connectivity index is 2.37. The molecule has 160 valence electrons. The molecule has 7 nitrogen and oxygen atoms in total. The van der Waals surface area contributed by atoms with Crippen LogP contribution >= 0.6 is 0 Å². The van der Waals surface area contributed by atoms with Gasteiger partial charge in [0, 0.05) is 0 Å². The maximum atomic E-state index is 12.5. The van der Waals surface area contributed by atoms with E-state index in [2.05, 4.69) is 0 Å². The van der Waals surface area contributed by atoms with Gasteiger partial charge in [0.25, 0.3) is 0 Å². The minimum Gasteiger partial charge on any atom is -0.496 e. The molecule has 0 saturated heterocycles. The Morgan fingerprint density at radius 3 is 1.20 bits per heavy atom. The van der Waals surface area contributed by atoms with Gasteiger partial charge in [0.2, 0.25) is 0 Å². The lowest BCUT2D eigenvalue weighted by Crippen LogP contribution is -1.97. The zero-order chi connectivity index (χ0) is 22.1. The molecule has 0 spiro atoms. The summed E-state index contributed by atoms with van der Waals surface area (Å²) in [4.78, 5) is 12.5. The number of ketones is 1. The van der Waals surface area contributed by atoms with Crippen molar-refractivity contribution < 1.29 is 33.2 Å². The van der Waals surface area contributed by atoms with Crippen molar-refractivity contribution in [3.05, 3.63) is 47.5 Å². The lowest BCUT2D eigenvalue weighted by atomic mass is 10.1. The first-order chi connectivity index (χ1) is 14.5. The topological polar surface area (TPSA) is 72.5 Å². The van der Waals surface area contributed by atoms with Crippen LogP contribution in [0.4, 0.5) is 0 Å². The first-order valence-electron chi connectivity index (χ1n) is 9.02. The Bertz CT molecular complexity index is 870. The van der Waals surface area contributed by atoms with Crippen LogP contribution in [-0.4, -0.2) is 48.4 Å². The maximum Gasteiger partial charge on any atom is 0.178 e. The summed E-state index contributed by atoms with van der Waals surface area (Å²) in [6, 6.07) is 6.96. The fourth-order valence-corrected chi connectivity index (χ4v) is 2.92. The van der Waals surface area contributed by atoms with Crippen molar-refractivity contribution in [1.29, 1.82) is 0 Å². The van der Waals surface area contributed by atoms with E-state index in [1.54, 1.807) is 64.9 Å². The SMILES string of the molecule is COc1ccc(OC)c(OC)c1/C=C/C(=O)/C=C/c1c(OC)ccc(OC)c1OC. The van der Waals surface area contributed by atoms with E-state index >= 15 is 0 Å². The fourth-order valence-electron chi connectivity index (χ4n) is 2.92. The predicted molar refractivity (Wildman–Crippen MR) is 115 cm³/mol. The number of hydrogen-bond donors (Lipinski definition) is 0. The third-order valence-corrected chi connectivity index (χ3v) is 4.36. The Labute approximate surface area is 176 Å². The van der Waals surface area contributed by atoms with Gasteiger partial charge in [-0.15, -0.1) is 0 Å². The van der Waals surface area contributed by atoms with Gasteiger partial charge in [0.1, 0.15) is 11.5 Å². The van der Waals surface area contributed by atoms with Gasteiger partial charge >= 0.3 is 0 Å². The van der Waals surface area contributed by atoms with Crippen LogP contribution in [0.3, 0.4) is 0 Å². The number of carbonyl (C=O) groups is 1. The van der Waals surface area contributed by atoms with Crippen LogP contribution in [-0.2, 0) is 4.79 Å². The highest BCUT2D eigenvalue weighted by Crippen LogP contribution is 2.39. The van der Waals surface area contributed by atoms with Gasteiger partial charge in [-0.1, -0.05) is 0 Å². The second kappa shape index (κ2) is 10.8. The molecule has 0 radical (unpaired) electrons. The molecule has 0 atom stereocenters. The third-order valence-electron chi connectivity index (χ3n) is 4.36. The normalized spacial score (nSPS) is 10.9. The van der Waals surface area contributed by atoms with Crippen molar-refractivity contribution in [2.24, 2.45) is 0 Å². The van der Waals surface area contributed by atoms with Crippen LogP contribution in [0.2, 0.25) is 0 Å². The van der Waals surface area contributed by atoms with Gasteiger partial charge in [-0.25, -0.2) is 0 Å². The van der Waals surface area contributed by atoms with Gasteiger partial charge in [0.05, 0.1) is 53.8 Å². The van der Waals surface area contributed by atoms with Crippen molar-refractivity contribution in [2.75, 3.05) is 42.7 Å². The number of hydrogen-bond acceptors (Lipinski definition) is 7. The second-order valence-electron chi connectivity index (χ2n) is 5.90. The summed E-state index contributed by atoms with van der Waals surface area (Å²) in [5, 5.41) is 0. The lowest BCUT2D eigenvalue weighted by Gasteiger charge is -2.14. The first kappa shape index (κ1) is 22.7. The van der Waals surface area contributed by atoms with E-state index < -0.39 is 0 Å². The van der Waals surface area contributed by atoms with Gasteiger partial charge < -0.3 is 28.4 Å². The Hall–Kier alpha value is -3.61. The zero-order valence-corrected chi connectivity index (χ0v) is 18.0. The summed E-state index contributed by atoms with van der Waals surface area (Å²) in [6.07, 6.45) is 6.06. The van der Waals surface area contributed by atoms with E-state index in [1.807, 2.05) is 0 Å². The monoisotopic (exact) mass is 414 g/mol. The molecule has 2 aromatic rings. The first-order valence-corrected chi connectivity index (χ1v) is 9.02. The van der Waals surface area contributed by atoms with E-state index in [-0.39, 0.29) is 5.78 Å². The molecule has 30 heavy (non-hydrogen) atoms. The maximum absolute atomic E-state index is 12.5. The molecule has 0 aromatic heterocycles. The zero-order valence-electron chi connectivity index (χ0n) is 18.0. The summed E-state index contributed by atoms with van der Waals surface area (Å²) >= 11 is 0. The average molecular weight is 414 g/mol. The van der Waals surface area contributed by atoms with E-state index in [4.69, 9.17) is 28.4 Å². The van der Waals surface area contributed by atoms with Crippen LogP contribution in [0.15, 0.2) is 36.4 Å². The molecule has 0 aliphatic rings. The molecular weight excluding hydrogens is 388 g/mol. The minimum atomic E-state index is -0.256. The number of methoxy groups -OCH3 is 6. The average Bonchev–Trinajstić information content (AvgIpc) is 2.79. The summed E-state index contributed by atoms with van der Waals surface area (Å²) in [5.41, 5.74) is 1.19. The highest BCUT2D eigenvalue weighted by Gasteiger charge is 2.15. The van der Waals surface area contributed by atoms with Crippen molar-refractivity contribution in [2.45, 2.75) is 0 Å². The Kier molecular flexibility index (Phi) is 8.17. The van der Waals surface area contributed by atoms with Crippen LogP contribution in [0, 0.1) is 0 Å². The van der Waals surface area contributed by atoms with Crippen LogP contribution in [0.1, 0.15) is 11.1 Å². The molecule has 0 aliphatic carbocycles. The van der Waals surface area contributed by atoms with E-state index in [9.17, 15) is 4.79 Å². The molecule has 0 heterocycles. The molecule has 2 rings (SSSR count). The number of ether oxygens (including phenoxy) is 6. The molecule has 0 amide bonds.